The lowest BCUT2D eigenvalue weighted by molar-refractivity contribution is -0.115. The molecular weight excluding hydrogens is 460 g/mol. The smallest absolute Gasteiger partial charge is 0.258 e. The van der Waals surface area contributed by atoms with Crippen molar-refractivity contribution in [3.05, 3.63) is 119 Å². The van der Waals surface area contributed by atoms with E-state index in [1.54, 1.807) is 24.5 Å². The molecule has 35 heavy (non-hydrogen) atoms. The van der Waals surface area contributed by atoms with Crippen molar-refractivity contribution in [2.24, 2.45) is 0 Å². The average molecular weight is 481 g/mol. The monoisotopic (exact) mass is 480 g/mol. The molecule has 2 amide bonds. The molecule has 0 fully saturated rings. The van der Waals surface area contributed by atoms with E-state index in [-0.39, 0.29) is 18.2 Å². The summed E-state index contributed by atoms with van der Waals surface area (Å²) in [6.45, 7) is 0. The molecule has 0 saturated carbocycles. The Bertz CT molecular complexity index is 1420. The summed E-state index contributed by atoms with van der Waals surface area (Å²) in [6.07, 6.45) is 3.60. The summed E-state index contributed by atoms with van der Waals surface area (Å²) in [6, 6.07) is 26.0. The van der Waals surface area contributed by atoms with E-state index in [1.807, 2.05) is 72.8 Å². The van der Waals surface area contributed by atoms with Gasteiger partial charge in [0.2, 0.25) is 5.91 Å². The zero-order valence-corrected chi connectivity index (χ0v) is 19.3. The zero-order valence-electron chi connectivity index (χ0n) is 18.6. The van der Waals surface area contributed by atoms with Crippen LogP contribution in [0.15, 0.2) is 97.3 Å². The second kappa shape index (κ2) is 9.83. The van der Waals surface area contributed by atoms with Crippen molar-refractivity contribution in [1.82, 2.24) is 4.98 Å². The van der Waals surface area contributed by atoms with Crippen LogP contribution in [0.3, 0.4) is 0 Å². The number of halogens is 1. The minimum atomic E-state index is -0.200. The molecule has 1 aliphatic rings. The van der Waals surface area contributed by atoms with Gasteiger partial charge in [0.1, 0.15) is 0 Å². The number of anilines is 3. The largest absolute Gasteiger partial charge is 0.354 e. The molecule has 1 aromatic heterocycles. The third-order valence-corrected chi connectivity index (χ3v) is 5.83. The molecule has 172 valence electrons. The van der Waals surface area contributed by atoms with Gasteiger partial charge < -0.3 is 16.0 Å². The molecule has 1 aliphatic heterocycles. The van der Waals surface area contributed by atoms with Gasteiger partial charge in [-0.3, -0.25) is 14.6 Å². The number of hydrogen-bond acceptors (Lipinski definition) is 4. The van der Waals surface area contributed by atoms with E-state index >= 15 is 0 Å². The van der Waals surface area contributed by atoms with Gasteiger partial charge in [-0.25, -0.2) is 0 Å². The predicted molar refractivity (Wildman–Crippen MR) is 140 cm³/mol. The first-order valence-electron chi connectivity index (χ1n) is 11.0. The lowest BCUT2D eigenvalue weighted by Gasteiger charge is -2.15. The van der Waals surface area contributed by atoms with Crippen LogP contribution in [0.25, 0.3) is 11.3 Å². The lowest BCUT2D eigenvalue weighted by atomic mass is 10.00. The molecule has 0 atom stereocenters. The van der Waals surface area contributed by atoms with Crippen LogP contribution in [0, 0.1) is 0 Å². The molecule has 5 rings (SSSR count). The molecule has 4 aromatic rings. The van der Waals surface area contributed by atoms with Gasteiger partial charge in [-0.05, 0) is 59.7 Å². The van der Waals surface area contributed by atoms with Gasteiger partial charge in [0.15, 0.2) is 0 Å². The highest BCUT2D eigenvalue weighted by Gasteiger charge is 2.28. The summed E-state index contributed by atoms with van der Waals surface area (Å²) in [4.78, 5) is 29.3. The average Bonchev–Trinajstić information content (AvgIpc) is 3.19. The highest BCUT2D eigenvalue weighted by Crippen LogP contribution is 2.38. The first kappa shape index (κ1) is 22.4. The Kier molecular flexibility index (Phi) is 6.28. The number of amides is 2. The minimum absolute atomic E-state index is 0.109. The molecule has 2 heterocycles. The molecule has 0 unspecified atom stereocenters. The van der Waals surface area contributed by atoms with Crippen LogP contribution in [0.2, 0.25) is 5.02 Å². The van der Waals surface area contributed by atoms with Gasteiger partial charge >= 0.3 is 0 Å². The van der Waals surface area contributed by atoms with Crippen molar-refractivity contribution in [3.63, 3.8) is 0 Å². The fraction of sp³-hybridized carbons (Fsp3) is 0.0357. The zero-order chi connectivity index (χ0) is 24.2. The number of nitrogens with one attached hydrogen (secondary N) is 3. The van der Waals surface area contributed by atoms with Gasteiger partial charge in [0, 0.05) is 34.4 Å². The second-order valence-electron chi connectivity index (χ2n) is 8.04. The summed E-state index contributed by atoms with van der Waals surface area (Å²) >= 11 is 6.13. The van der Waals surface area contributed by atoms with Crippen LogP contribution in [-0.4, -0.2) is 16.8 Å². The Morgan fingerprint density at radius 3 is 2.26 bits per heavy atom. The Morgan fingerprint density at radius 2 is 1.54 bits per heavy atom. The summed E-state index contributed by atoms with van der Waals surface area (Å²) < 4.78 is 0. The topological polar surface area (TPSA) is 83.1 Å². The van der Waals surface area contributed by atoms with Gasteiger partial charge in [-0.1, -0.05) is 48.0 Å². The number of rotatable bonds is 6. The predicted octanol–water partition coefficient (Wildman–Crippen LogP) is 5.85. The Balaban J connectivity index is 1.41. The van der Waals surface area contributed by atoms with E-state index in [0.717, 1.165) is 22.4 Å². The quantitative estimate of drug-likeness (QED) is 0.302. The van der Waals surface area contributed by atoms with Crippen LogP contribution in [0.4, 0.5) is 17.1 Å². The molecule has 3 aromatic carbocycles. The normalized spacial score (nSPS) is 13.6. The Morgan fingerprint density at radius 1 is 0.857 bits per heavy atom. The molecular formula is C28H21ClN4O2. The van der Waals surface area contributed by atoms with Crippen molar-refractivity contribution in [1.29, 1.82) is 0 Å². The number of carbonyl (C=O) groups excluding carboxylic acids is 2. The molecule has 0 spiro atoms. The third-order valence-electron chi connectivity index (χ3n) is 5.59. The van der Waals surface area contributed by atoms with Crippen LogP contribution in [0.5, 0.6) is 0 Å². The number of fused-ring (bicyclic) bond motifs is 1. The summed E-state index contributed by atoms with van der Waals surface area (Å²) in [5.41, 5.74) is 5.91. The van der Waals surface area contributed by atoms with Crippen LogP contribution in [-0.2, 0) is 16.0 Å². The van der Waals surface area contributed by atoms with Crippen LogP contribution < -0.4 is 16.0 Å². The van der Waals surface area contributed by atoms with E-state index < -0.39 is 0 Å². The molecule has 3 N–H and O–H groups in total. The number of nitrogens with zero attached hydrogens (tertiary/aromatic N) is 1. The minimum Gasteiger partial charge on any atom is -0.354 e. The molecule has 0 aliphatic carbocycles. The van der Waals surface area contributed by atoms with Gasteiger partial charge in [-0.15, -0.1) is 0 Å². The second-order valence-corrected chi connectivity index (χ2v) is 8.48. The number of carbonyl (C=O) groups is 2. The molecule has 6 nitrogen and oxygen atoms in total. The maximum atomic E-state index is 13.0. The van der Waals surface area contributed by atoms with E-state index in [4.69, 9.17) is 11.6 Å². The van der Waals surface area contributed by atoms with E-state index in [0.29, 0.717) is 27.7 Å². The summed E-state index contributed by atoms with van der Waals surface area (Å²) in [5, 5.41) is 9.78. The summed E-state index contributed by atoms with van der Waals surface area (Å²) in [7, 11) is 0. The number of pyridine rings is 1. The summed E-state index contributed by atoms with van der Waals surface area (Å²) in [5.74, 6) is -0.310. The number of hydrogen-bond donors (Lipinski definition) is 3. The van der Waals surface area contributed by atoms with Crippen molar-refractivity contribution in [2.45, 2.75) is 6.42 Å². The van der Waals surface area contributed by atoms with Crippen LogP contribution >= 0.6 is 11.6 Å². The molecule has 0 radical (unpaired) electrons. The molecule has 0 saturated heterocycles. The standard InChI is InChI=1S/C28H21ClN4O2/c29-20-6-11-23-24(17-20)33-28(35)26(23)27(19-4-2-1-3-5-19)32-22-9-7-21(8-10-22)31-25(34)16-18-12-14-30-15-13-18/h1-15,17,32H,16H2,(H,31,34)(H,33,35)/b27-26-. The van der Waals surface area contributed by atoms with Crippen molar-refractivity contribution < 1.29 is 9.59 Å². The fourth-order valence-corrected chi connectivity index (χ4v) is 4.12. The van der Waals surface area contributed by atoms with Crippen molar-refractivity contribution in [2.75, 3.05) is 16.0 Å². The molecule has 7 heteroatoms. The maximum Gasteiger partial charge on any atom is 0.258 e. The van der Waals surface area contributed by atoms with E-state index in [9.17, 15) is 9.59 Å². The maximum absolute atomic E-state index is 13.0. The SMILES string of the molecule is O=C(Cc1ccncc1)Nc1ccc(N/C(=C2\C(=O)Nc3cc(Cl)ccc32)c2ccccc2)cc1. The van der Waals surface area contributed by atoms with Gasteiger partial charge in [-0.2, -0.15) is 0 Å². The van der Waals surface area contributed by atoms with E-state index in [1.165, 1.54) is 0 Å². The van der Waals surface area contributed by atoms with Crippen LogP contribution in [0.1, 0.15) is 16.7 Å². The first-order chi connectivity index (χ1) is 17.1. The number of benzene rings is 3. The Labute approximate surface area is 207 Å². The van der Waals surface area contributed by atoms with Crippen molar-refractivity contribution in [3.8, 4) is 0 Å². The third kappa shape index (κ3) is 5.08. The first-order valence-corrected chi connectivity index (χ1v) is 11.4. The van der Waals surface area contributed by atoms with E-state index in [2.05, 4.69) is 20.9 Å². The highest BCUT2D eigenvalue weighted by atomic mass is 35.5. The van der Waals surface area contributed by atoms with Gasteiger partial charge in [0.25, 0.3) is 5.91 Å². The van der Waals surface area contributed by atoms with Crippen molar-refractivity contribution >= 4 is 51.7 Å². The van der Waals surface area contributed by atoms with Gasteiger partial charge in [0.05, 0.1) is 23.4 Å². The fourth-order valence-electron chi connectivity index (χ4n) is 3.95. The highest BCUT2D eigenvalue weighted by molar-refractivity contribution is 6.38. The molecule has 0 bridgehead atoms. The lowest BCUT2D eigenvalue weighted by Crippen LogP contribution is -2.14. The number of aromatic nitrogens is 1. The Hall–Kier alpha value is -4.42.